The van der Waals surface area contributed by atoms with Crippen LogP contribution in [0, 0.1) is 0 Å². The molecule has 2 N–H and O–H groups in total. The van der Waals surface area contributed by atoms with Crippen LogP contribution in [-0.4, -0.2) is 22.0 Å². The number of amides is 2. The molecule has 2 aromatic carbocycles. The molecule has 1 heterocycles. The van der Waals surface area contributed by atoms with Gasteiger partial charge in [-0.3, -0.25) is 5.32 Å². The summed E-state index contributed by atoms with van der Waals surface area (Å²) in [5.41, 5.74) is 3.79. The Morgan fingerprint density at radius 3 is 2.66 bits per heavy atom. The van der Waals surface area contributed by atoms with Gasteiger partial charge in [-0.25, -0.2) is 4.79 Å². The Kier molecular flexibility index (Phi) is 8.88. The van der Waals surface area contributed by atoms with Crippen LogP contribution in [0.2, 0.25) is 0 Å². The highest BCUT2D eigenvalue weighted by Gasteiger charge is 2.12. The highest BCUT2D eigenvalue weighted by atomic mass is 32.2. The van der Waals surface area contributed by atoms with Crippen molar-refractivity contribution in [1.82, 2.24) is 15.5 Å². The molecule has 0 fully saturated rings. The van der Waals surface area contributed by atoms with Gasteiger partial charge in [0, 0.05) is 5.75 Å². The quantitative estimate of drug-likeness (QED) is 0.196. The van der Waals surface area contributed by atoms with Gasteiger partial charge in [0.1, 0.15) is 0 Å². The normalized spacial score (nSPS) is 12.4. The smallest absolute Gasteiger partial charge is 0.321 e. The number of rotatable bonds is 9. The van der Waals surface area contributed by atoms with Crippen LogP contribution in [0.3, 0.4) is 0 Å². The number of thioether (sulfide) groups is 1. The summed E-state index contributed by atoms with van der Waals surface area (Å²) in [6, 6.07) is 14.0. The fourth-order valence-corrected chi connectivity index (χ4v) is 4.91. The lowest BCUT2D eigenvalue weighted by Crippen LogP contribution is -2.31. The maximum atomic E-state index is 12.4. The number of fused-ring (bicyclic) bond motifs is 1. The summed E-state index contributed by atoms with van der Waals surface area (Å²) in [6.45, 7) is 8.38. The van der Waals surface area contributed by atoms with Gasteiger partial charge in [-0.1, -0.05) is 82.8 Å². The van der Waals surface area contributed by atoms with Crippen molar-refractivity contribution in [3.63, 3.8) is 0 Å². The molecule has 1 aromatic heterocycles. The number of allylic oxidation sites excluding steroid dienone is 3. The number of carbonyl (C=O) groups is 1. The first-order chi connectivity index (χ1) is 15.4. The number of aromatic nitrogens is 2. The second kappa shape index (κ2) is 11.8. The van der Waals surface area contributed by atoms with Gasteiger partial charge in [-0.05, 0) is 62.9 Å². The number of benzene rings is 2. The largest absolute Gasteiger partial charge is 0.331 e. The maximum Gasteiger partial charge on any atom is 0.321 e. The van der Waals surface area contributed by atoms with E-state index in [1.165, 1.54) is 27.9 Å². The predicted molar refractivity (Wildman–Crippen MR) is 138 cm³/mol. The van der Waals surface area contributed by atoms with E-state index in [0.717, 1.165) is 33.9 Å². The first kappa shape index (κ1) is 24.0. The molecule has 3 aromatic rings. The van der Waals surface area contributed by atoms with Crippen molar-refractivity contribution >= 4 is 45.0 Å². The first-order valence-corrected chi connectivity index (χ1v) is 12.5. The average molecular weight is 467 g/mol. The Morgan fingerprint density at radius 2 is 1.88 bits per heavy atom. The molecule has 2 amide bonds. The second-order valence-corrected chi connectivity index (χ2v) is 10.2. The molecule has 0 saturated heterocycles. The summed E-state index contributed by atoms with van der Waals surface area (Å²) < 4.78 is 0.844. The summed E-state index contributed by atoms with van der Waals surface area (Å²) in [5, 5.41) is 16.9. The molecule has 0 aliphatic rings. The number of hydrogen-bond acceptors (Lipinski definition) is 5. The molecule has 0 aliphatic carbocycles. The number of anilines is 1. The lowest BCUT2D eigenvalue weighted by molar-refractivity contribution is 0.249. The molecule has 5 nitrogen and oxygen atoms in total. The van der Waals surface area contributed by atoms with E-state index in [1.54, 1.807) is 11.8 Å². The van der Waals surface area contributed by atoms with Crippen molar-refractivity contribution in [2.75, 3.05) is 11.1 Å². The van der Waals surface area contributed by atoms with E-state index in [9.17, 15) is 4.79 Å². The molecule has 0 radical (unpaired) electrons. The zero-order chi connectivity index (χ0) is 22.9. The van der Waals surface area contributed by atoms with E-state index in [1.807, 2.05) is 25.1 Å². The first-order valence-electron chi connectivity index (χ1n) is 10.7. The number of nitrogens with zero attached hydrogens (tertiary/aromatic N) is 2. The van der Waals surface area contributed by atoms with Crippen LogP contribution < -0.4 is 10.6 Å². The zero-order valence-electron chi connectivity index (χ0n) is 19.0. The number of urea groups is 1. The Labute approximate surface area is 198 Å². The Hall–Kier alpha value is -2.64. The van der Waals surface area contributed by atoms with Crippen LogP contribution in [0.5, 0.6) is 0 Å². The van der Waals surface area contributed by atoms with E-state index in [-0.39, 0.29) is 12.1 Å². The fraction of sp³-hybridized carbons (Fsp3) is 0.320. The van der Waals surface area contributed by atoms with Gasteiger partial charge in [-0.15, -0.1) is 10.2 Å². The topological polar surface area (TPSA) is 66.9 Å². The third kappa shape index (κ3) is 7.50. The highest BCUT2D eigenvalue weighted by Crippen LogP contribution is 2.26. The molecule has 0 spiro atoms. The molecular weight excluding hydrogens is 436 g/mol. The van der Waals surface area contributed by atoms with Crippen molar-refractivity contribution in [2.45, 2.75) is 50.9 Å². The molecule has 0 aliphatic heterocycles. The minimum atomic E-state index is -0.284. The minimum absolute atomic E-state index is 0.124. The van der Waals surface area contributed by atoms with Gasteiger partial charge in [0.25, 0.3) is 0 Å². The van der Waals surface area contributed by atoms with Crippen molar-refractivity contribution < 1.29 is 4.79 Å². The fourth-order valence-electron chi connectivity index (χ4n) is 3.15. The molecule has 0 bridgehead atoms. The lowest BCUT2D eigenvalue weighted by Gasteiger charge is -2.15. The predicted octanol–water partition coefficient (Wildman–Crippen LogP) is 7.36. The van der Waals surface area contributed by atoms with Gasteiger partial charge in [-0.2, -0.15) is 0 Å². The summed E-state index contributed by atoms with van der Waals surface area (Å²) in [6.07, 6.45) is 6.65. The van der Waals surface area contributed by atoms with Gasteiger partial charge >= 0.3 is 6.03 Å². The number of carbonyl (C=O) groups excluding carboxylic acids is 1. The van der Waals surface area contributed by atoms with Gasteiger partial charge in [0.15, 0.2) is 4.34 Å². The molecule has 1 atom stereocenters. The molecule has 0 saturated carbocycles. The van der Waals surface area contributed by atoms with Crippen LogP contribution in [0.25, 0.3) is 10.8 Å². The Bertz CT molecular complexity index is 1120. The van der Waals surface area contributed by atoms with E-state index in [2.05, 4.69) is 78.0 Å². The van der Waals surface area contributed by atoms with Crippen LogP contribution in [0.4, 0.5) is 9.93 Å². The summed E-state index contributed by atoms with van der Waals surface area (Å²) in [5.74, 6) is 0.848. The molecule has 7 heteroatoms. The van der Waals surface area contributed by atoms with E-state index >= 15 is 0 Å². The van der Waals surface area contributed by atoms with Crippen LogP contribution in [0.1, 0.15) is 52.1 Å². The van der Waals surface area contributed by atoms with Crippen LogP contribution in [0.15, 0.2) is 70.1 Å². The van der Waals surface area contributed by atoms with E-state index in [0.29, 0.717) is 5.13 Å². The zero-order valence-corrected chi connectivity index (χ0v) is 20.6. The summed E-state index contributed by atoms with van der Waals surface area (Å²) in [7, 11) is 0. The van der Waals surface area contributed by atoms with Crippen molar-refractivity contribution in [1.29, 1.82) is 0 Å². The molecule has 32 heavy (non-hydrogen) atoms. The molecular formula is C25H30N4OS2. The number of hydrogen-bond donors (Lipinski definition) is 2. The summed E-state index contributed by atoms with van der Waals surface area (Å²) in [4.78, 5) is 12.4. The Morgan fingerprint density at radius 1 is 1.09 bits per heavy atom. The molecule has 1 unspecified atom stereocenters. The average Bonchev–Trinajstić information content (AvgIpc) is 3.20. The highest BCUT2D eigenvalue weighted by molar-refractivity contribution is 8.01. The molecule has 168 valence electrons. The van der Waals surface area contributed by atoms with E-state index < -0.39 is 0 Å². The standard InChI is InChI=1S/C25H30N4OS2/c1-17(2)8-7-9-18(3)14-15-31-25-29-28-24(32-25)27-23(30)26-19(4)21-13-12-20-10-5-6-11-22(20)16-21/h5-6,8,10-14,16,19H,7,9,15H2,1-4H3,(H2,26,27,28,30). The molecule has 3 rings (SSSR count). The maximum absolute atomic E-state index is 12.4. The number of nitrogens with one attached hydrogen (secondary N) is 2. The Balaban J connectivity index is 1.47. The van der Waals surface area contributed by atoms with Crippen molar-refractivity contribution in [3.8, 4) is 0 Å². The van der Waals surface area contributed by atoms with Crippen LogP contribution in [-0.2, 0) is 0 Å². The second-order valence-electron chi connectivity index (χ2n) is 7.98. The minimum Gasteiger partial charge on any atom is -0.331 e. The van der Waals surface area contributed by atoms with E-state index in [4.69, 9.17) is 0 Å². The third-order valence-electron chi connectivity index (χ3n) is 4.98. The lowest BCUT2D eigenvalue weighted by atomic mass is 10.0. The van der Waals surface area contributed by atoms with Gasteiger partial charge in [0.2, 0.25) is 5.13 Å². The SMILES string of the molecule is CC(C)=CCCC(C)=CCSc1nnc(NC(=O)NC(C)c2ccc3ccccc3c2)s1. The van der Waals surface area contributed by atoms with Crippen molar-refractivity contribution in [3.05, 3.63) is 71.3 Å². The monoisotopic (exact) mass is 466 g/mol. The summed E-state index contributed by atoms with van der Waals surface area (Å²) >= 11 is 3.02. The van der Waals surface area contributed by atoms with Crippen molar-refractivity contribution in [2.24, 2.45) is 0 Å². The van der Waals surface area contributed by atoms with Gasteiger partial charge in [0.05, 0.1) is 6.04 Å². The third-order valence-corrected chi connectivity index (χ3v) is 6.88. The van der Waals surface area contributed by atoms with Crippen LogP contribution >= 0.6 is 23.1 Å². The van der Waals surface area contributed by atoms with Gasteiger partial charge < -0.3 is 5.32 Å².